The topological polar surface area (TPSA) is 115 Å². The van der Waals surface area contributed by atoms with Crippen LogP contribution in [-0.4, -0.2) is 54.9 Å². The predicted octanol–water partition coefficient (Wildman–Crippen LogP) is -0.165. The summed E-state index contributed by atoms with van der Waals surface area (Å²) in [4.78, 5) is 27.8. The van der Waals surface area contributed by atoms with E-state index in [1.54, 1.807) is 0 Å². The monoisotopic (exact) mass is 284 g/mol. The molecular formula is C9H17O8P. The van der Waals surface area contributed by atoms with E-state index in [-0.39, 0.29) is 25.7 Å². The Hall–Kier alpha value is -0.500. The first kappa shape index (κ1) is 15.6. The van der Waals surface area contributed by atoms with Crippen molar-refractivity contribution in [3.63, 3.8) is 0 Å². The van der Waals surface area contributed by atoms with E-state index >= 15 is 0 Å². The molecule has 1 fully saturated rings. The van der Waals surface area contributed by atoms with Gasteiger partial charge in [-0.15, -0.1) is 0 Å². The molecule has 0 bridgehead atoms. The number of epoxide rings is 1. The smallest absolute Gasteiger partial charge is 0.463 e. The fraction of sp³-hybridized carbons (Fsp3) is 0.889. The van der Waals surface area contributed by atoms with E-state index < -0.39 is 13.8 Å². The van der Waals surface area contributed by atoms with Crippen molar-refractivity contribution in [3.05, 3.63) is 0 Å². The van der Waals surface area contributed by atoms with Crippen molar-refractivity contribution in [2.24, 2.45) is 0 Å². The zero-order valence-corrected chi connectivity index (χ0v) is 10.7. The van der Waals surface area contributed by atoms with Crippen LogP contribution in [0.3, 0.4) is 0 Å². The molecule has 1 saturated heterocycles. The van der Waals surface area contributed by atoms with E-state index in [4.69, 9.17) is 19.3 Å². The summed E-state index contributed by atoms with van der Waals surface area (Å²) in [5.41, 5.74) is 0. The Balaban J connectivity index is 1.85. The Bertz CT molecular complexity index is 297. The van der Waals surface area contributed by atoms with Crippen LogP contribution in [0.5, 0.6) is 0 Å². The molecule has 1 aliphatic heterocycles. The van der Waals surface area contributed by atoms with E-state index in [9.17, 15) is 9.36 Å². The maximum atomic E-state index is 11.1. The molecule has 0 saturated carbocycles. The molecule has 1 heterocycles. The molecule has 0 aromatic carbocycles. The highest BCUT2D eigenvalue weighted by Gasteiger charge is 2.22. The van der Waals surface area contributed by atoms with Crippen molar-refractivity contribution in [1.29, 1.82) is 0 Å². The number of carbonyl (C=O) groups is 1. The summed E-state index contributed by atoms with van der Waals surface area (Å²) < 4.78 is 29.2. The highest BCUT2D eigenvalue weighted by Crippen LogP contribution is 2.35. The normalized spacial score (nSPS) is 18.7. The van der Waals surface area contributed by atoms with Gasteiger partial charge >= 0.3 is 13.8 Å². The van der Waals surface area contributed by atoms with Crippen molar-refractivity contribution < 1.29 is 37.9 Å². The number of ether oxygens (including phenoxy) is 3. The standard InChI is InChI=1S/C9H17O8P/c10-9(15-4-5-17-18(11,12)13)2-1-3-14-6-8-7-16-8/h8H,1-7H2,(H2,11,12,13). The second-order valence-electron chi connectivity index (χ2n) is 3.68. The van der Waals surface area contributed by atoms with Crippen LogP contribution in [0.1, 0.15) is 12.8 Å². The lowest BCUT2D eigenvalue weighted by Crippen LogP contribution is -2.11. The number of phosphoric acid groups is 1. The zero-order valence-electron chi connectivity index (χ0n) is 9.82. The third kappa shape index (κ3) is 9.52. The lowest BCUT2D eigenvalue weighted by Gasteiger charge is -2.06. The Kier molecular flexibility index (Phi) is 6.77. The summed E-state index contributed by atoms with van der Waals surface area (Å²) in [5, 5.41) is 0. The highest BCUT2D eigenvalue weighted by atomic mass is 31.2. The van der Waals surface area contributed by atoms with E-state index in [1.165, 1.54) is 0 Å². The SMILES string of the molecule is O=C(CCCOCC1CO1)OCCOP(=O)(O)O. The molecule has 0 spiro atoms. The number of hydrogen-bond acceptors (Lipinski definition) is 6. The first-order valence-corrected chi connectivity index (χ1v) is 7.05. The van der Waals surface area contributed by atoms with Crippen molar-refractivity contribution in [2.75, 3.05) is 33.0 Å². The number of rotatable bonds is 10. The third-order valence-electron chi connectivity index (χ3n) is 1.98. The molecule has 9 heteroatoms. The van der Waals surface area contributed by atoms with Crippen molar-refractivity contribution >= 4 is 13.8 Å². The van der Waals surface area contributed by atoms with Gasteiger partial charge in [-0.2, -0.15) is 0 Å². The van der Waals surface area contributed by atoms with Crippen LogP contribution in [0.4, 0.5) is 0 Å². The minimum atomic E-state index is -4.48. The summed E-state index contributed by atoms with van der Waals surface area (Å²) in [5.74, 6) is -0.449. The van der Waals surface area contributed by atoms with Gasteiger partial charge in [0, 0.05) is 13.0 Å². The third-order valence-corrected chi connectivity index (χ3v) is 2.50. The molecule has 1 aliphatic rings. The van der Waals surface area contributed by atoms with Crippen LogP contribution in [0.15, 0.2) is 0 Å². The molecule has 0 radical (unpaired) electrons. The molecule has 2 N–H and O–H groups in total. The van der Waals surface area contributed by atoms with E-state index in [1.807, 2.05) is 0 Å². The van der Waals surface area contributed by atoms with Crippen LogP contribution >= 0.6 is 7.82 Å². The van der Waals surface area contributed by atoms with Gasteiger partial charge in [0.05, 0.1) is 19.8 Å². The van der Waals surface area contributed by atoms with Gasteiger partial charge in [0.15, 0.2) is 0 Å². The molecule has 1 atom stereocenters. The van der Waals surface area contributed by atoms with Gasteiger partial charge in [0.25, 0.3) is 0 Å². The van der Waals surface area contributed by atoms with Gasteiger partial charge in [0.1, 0.15) is 12.7 Å². The largest absolute Gasteiger partial charge is 0.469 e. The van der Waals surface area contributed by atoms with Crippen LogP contribution < -0.4 is 0 Å². The predicted molar refractivity (Wildman–Crippen MR) is 58.7 cm³/mol. The Morgan fingerprint density at radius 2 is 2.06 bits per heavy atom. The maximum absolute atomic E-state index is 11.1. The minimum absolute atomic E-state index is 0.180. The molecule has 1 rings (SSSR count). The second-order valence-corrected chi connectivity index (χ2v) is 4.92. The molecule has 0 aliphatic carbocycles. The van der Waals surface area contributed by atoms with E-state index in [0.717, 1.165) is 6.61 Å². The minimum Gasteiger partial charge on any atom is -0.463 e. The van der Waals surface area contributed by atoms with Crippen LogP contribution in [-0.2, 0) is 28.1 Å². The van der Waals surface area contributed by atoms with Crippen LogP contribution in [0.25, 0.3) is 0 Å². The summed E-state index contributed by atoms with van der Waals surface area (Å²) in [7, 11) is -4.48. The average molecular weight is 284 g/mol. The Morgan fingerprint density at radius 1 is 1.33 bits per heavy atom. The van der Waals surface area contributed by atoms with Crippen LogP contribution in [0.2, 0.25) is 0 Å². The van der Waals surface area contributed by atoms with E-state index in [0.29, 0.717) is 19.6 Å². The molecule has 1 unspecified atom stereocenters. The quantitative estimate of drug-likeness (QED) is 0.246. The summed E-state index contributed by atoms with van der Waals surface area (Å²) in [6.45, 7) is 1.23. The second kappa shape index (κ2) is 7.83. The summed E-state index contributed by atoms with van der Waals surface area (Å²) in [6.07, 6.45) is 0.938. The number of esters is 1. The fourth-order valence-corrected chi connectivity index (χ4v) is 1.39. The molecule has 0 aromatic rings. The maximum Gasteiger partial charge on any atom is 0.469 e. The van der Waals surface area contributed by atoms with Gasteiger partial charge in [0.2, 0.25) is 0 Å². The van der Waals surface area contributed by atoms with Crippen molar-refractivity contribution in [1.82, 2.24) is 0 Å². The first-order chi connectivity index (χ1) is 8.47. The number of carbonyl (C=O) groups excluding carboxylic acids is 1. The number of phosphoric ester groups is 1. The average Bonchev–Trinajstić information content (AvgIpc) is 3.06. The molecule has 0 aromatic heterocycles. The van der Waals surface area contributed by atoms with Crippen LogP contribution in [0, 0.1) is 0 Å². The highest BCUT2D eigenvalue weighted by molar-refractivity contribution is 7.46. The lowest BCUT2D eigenvalue weighted by atomic mass is 10.3. The van der Waals surface area contributed by atoms with Gasteiger partial charge in [-0.1, -0.05) is 0 Å². The molecule has 18 heavy (non-hydrogen) atoms. The van der Waals surface area contributed by atoms with Crippen molar-refractivity contribution in [3.8, 4) is 0 Å². The Labute approximate surface area is 104 Å². The van der Waals surface area contributed by atoms with E-state index in [2.05, 4.69) is 9.26 Å². The summed E-state index contributed by atoms with van der Waals surface area (Å²) in [6, 6.07) is 0. The molecule has 8 nitrogen and oxygen atoms in total. The Morgan fingerprint density at radius 3 is 2.67 bits per heavy atom. The molecular weight excluding hydrogens is 267 g/mol. The lowest BCUT2D eigenvalue weighted by molar-refractivity contribution is -0.144. The fourth-order valence-electron chi connectivity index (χ4n) is 1.08. The van der Waals surface area contributed by atoms with Gasteiger partial charge in [-0.3, -0.25) is 9.32 Å². The molecule has 106 valence electrons. The van der Waals surface area contributed by atoms with Gasteiger partial charge in [-0.05, 0) is 6.42 Å². The zero-order chi connectivity index (χ0) is 13.4. The summed E-state index contributed by atoms with van der Waals surface area (Å²) >= 11 is 0. The van der Waals surface area contributed by atoms with Crippen molar-refractivity contribution in [2.45, 2.75) is 18.9 Å². The first-order valence-electron chi connectivity index (χ1n) is 5.52. The van der Waals surface area contributed by atoms with Gasteiger partial charge in [-0.25, -0.2) is 4.57 Å². The molecule has 0 amide bonds. The van der Waals surface area contributed by atoms with Gasteiger partial charge < -0.3 is 24.0 Å². The number of hydrogen-bond donors (Lipinski definition) is 2.